The summed E-state index contributed by atoms with van der Waals surface area (Å²) in [6.07, 6.45) is 1.61. The van der Waals surface area contributed by atoms with E-state index in [-0.39, 0.29) is 17.2 Å². The number of hydrogen-bond acceptors (Lipinski definition) is 2. The standard InChI is InChI=1S/C13H17ClFNO/c1-3-6-13(2,16)12(17)8-9-4-5-10(14)11(15)7-9/h4-5,7H,3,6,8,16H2,1-2H3. The number of rotatable bonds is 5. The molecule has 1 aromatic carbocycles. The molecule has 1 atom stereocenters. The number of nitrogens with two attached hydrogens (primary N) is 1. The Hall–Kier alpha value is -0.930. The van der Waals surface area contributed by atoms with E-state index < -0.39 is 11.4 Å². The molecule has 0 bridgehead atoms. The number of benzene rings is 1. The average Bonchev–Trinajstić information content (AvgIpc) is 2.23. The van der Waals surface area contributed by atoms with Gasteiger partial charge in [-0.15, -0.1) is 0 Å². The Labute approximate surface area is 106 Å². The van der Waals surface area contributed by atoms with Crippen molar-refractivity contribution in [2.24, 2.45) is 5.73 Å². The van der Waals surface area contributed by atoms with Gasteiger partial charge in [0.25, 0.3) is 0 Å². The van der Waals surface area contributed by atoms with E-state index in [1.54, 1.807) is 13.0 Å². The van der Waals surface area contributed by atoms with Crippen LogP contribution in [0.25, 0.3) is 0 Å². The lowest BCUT2D eigenvalue weighted by atomic mass is 9.88. The summed E-state index contributed by atoms with van der Waals surface area (Å²) in [6, 6.07) is 4.38. The van der Waals surface area contributed by atoms with Gasteiger partial charge in [0.2, 0.25) is 0 Å². The minimum Gasteiger partial charge on any atom is -0.319 e. The van der Waals surface area contributed by atoms with Crippen LogP contribution in [0.15, 0.2) is 18.2 Å². The zero-order valence-corrected chi connectivity index (χ0v) is 10.9. The molecule has 0 saturated heterocycles. The van der Waals surface area contributed by atoms with Crippen molar-refractivity contribution in [3.8, 4) is 0 Å². The largest absolute Gasteiger partial charge is 0.319 e. The lowest BCUT2D eigenvalue weighted by Crippen LogP contribution is -2.45. The van der Waals surface area contributed by atoms with Crippen LogP contribution in [0, 0.1) is 5.82 Å². The molecule has 1 aromatic rings. The first-order chi connectivity index (χ1) is 7.86. The summed E-state index contributed by atoms with van der Waals surface area (Å²) < 4.78 is 13.2. The summed E-state index contributed by atoms with van der Waals surface area (Å²) >= 11 is 5.57. The second-order valence-electron chi connectivity index (χ2n) is 4.52. The van der Waals surface area contributed by atoms with Gasteiger partial charge in [-0.25, -0.2) is 4.39 Å². The van der Waals surface area contributed by atoms with E-state index in [0.717, 1.165) is 6.42 Å². The van der Waals surface area contributed by atoms with Crippen LogP contribution in [-0.2, 0) is 11.2 Å². The molecule has 17 heavy (non-hydrogen) atoms. The molecular weight excluding hydrogens is 241 g/mol. The number of ketones is 1. The number of halogens is 2. The zero-order valence-electron chi connectivity index (χ0n) is 10.1. The molecular formula is C13H17ClFNO. The SMILES string of the molecule is CCCC(C)(N)C(=O)Cc1ccc(Cl)c(F)c1. The van der Waals surface area contributed by atoms with Gasteiger partial charge in [0.05, 0.1) is 10.6 Å². The quantitative estimate of drug-likeness (QED) is 0.881. The van der Waals surface area contributed by atoms with Gasteiger partial charge in [0.1, 0.15) is 5.82 Å². The smallest absolute Gasteiger partial charge is 0.156 e. The minimum absolute atomic E-state index is 0.0604. The number of carbonyl (C=O) groups is 1. The third-order valence-corrected chi connectivity index (χ3v) is 3.06. The maximum atomic E-state index is 13.2. The third kappa shape index (κ3) is 3.79. The van der Waals surface area contributed by atoms with Gasteiger partial charge < -0.3 is 5.73 Å². The van der Waals surface area contributed by atoms with E-state index >= 15 is 0 Å². The topological polar surface area (TPSA) is 43.1 Å². The van der Waals surface area contributed by atoms with Gasteiger partial charge >= 0.3 is 0 Å². The highest BCUT2D eigenvalue weighted by Gasteiger charge is 2.26. The highest BCUT2D eigenvalue weighted by Crippen LogP contribution is 2.18. The van der Waals surface area contributed by atoms with Crippen molar-refractivity contribution in [3.05, 3.63) is 34.6 Å². The summed E-state index contributed by atoms with van der Waals surface area (Å²) in [5.74, 6) is -0.591. The van der Waals surface area contributed by atoms with Crippen molar-refractivity contribution in [2.45, 2.75) is 38.6 Å². The molecule has 1 unspecified atom stereocenters. The van der Waals surface area contributed by atoms with E-state index in [1.165, 1.54) is 12.1 Å². The number of Topliss-reactive ketones (excluding diaryl/α,β-unsaturated/α-hetero) is 1. The maximum absolute atomic E-state index is 13.2. The summed E-state index contributed by atoms with van der Waals surface area (Å²) in [5.41, 5.74) is 5.68. The molecule has 0 fully saturated rings. The normalized spacial score (nSPS) is 14.4. The van der Waals surface area contributed by atoms with E-state index in [1.807, 2.05) is 6.92 Å². The van der Waals surface area contributed by atoms with E-state index in [0.29, 0.717) is 12.0 Å². The van der Waals surface area contributed by atoms with Crippen molar-refractivity contribution in [2.75, 3.05) is 0 Å². The number of hydrogen-bond donors (Lipinski definition) is 1. The first-order valence-electron chi connectivity index (χ1n) is 5.63. The first kappa shape index (κ1) is 14.1. The highest BCUT2D eigenvalue weighted by atomic mass is 35.5. The Bertz CT molecular complexity index is 418. The van der Waals surface area contributed by atoms with Crippen LogP contribution in [0.5, 0.6) is 0 Å². The molecule has 0 spiro atoms. The minimum atomic E-state index is -0.842. The molecule has 1 rings (SSSR count). The van der Waals surface area contributed by atoms with Gasteiger partial charge in [0, 0.05) is 6.42 Å². The Kier molecular flexibility index (Phi) is 4.66. The van der Waals surface area contributed by atoms with Crippen LogP contribution in [0.4, 0.5) is 4.39 Å². The molecule has 94 valence electrons. The van der Waals surface area contributed by atoms with Crippen LogP contribution in [-0.4, -0.2) is 11.3 Å². The van der Waals surface area contributed by atoms with E-state index in [2.05, 4.69) is 0 Å². The Morgan fingerprint density at radius 2 is 2.18 bits per heavy atom. The van der Waals surface area contributed by atoms with Gasteiger partial charge in [-0.05, 0) is 31.0 Å². The molecule has 0 radical (unpaired) electrons. The molecule has 0 amide bonds. The molecule has 0 saturated carbocycles. The fourth-order valence-electron chi connectivity index (χ4n) is 1.70. The Balaban J connectivity index is 2.77. The van der Waals surface area contributed by atoms with Crippen LogP contribution in [0.3, 0.4) is 0 Å². The summed E-state index contributed by atoms with van der Waals surface area (Å²) in [5, 5.41) is 0.0604. The molecule has 2 N–H and O–H groups in total. The van der Waals surface area contributed by atoms with Crippen molar-refractivity contribution in [1.82, 2.24) is 0 Å². The maximum Gasteiger partial charge on any atom is 0.156 e. The monoisotopic (exact) mass is 257 g/mol. The molecule has 0 aliphatic heterocycles. The average molecular weight is 258 g/mol. The fourth-order valence-corrected chi connectivity index (χ4v) is 1.81. The predicted octanol–water partition coefficient (Wildman–Crippen LogP) is 3.11. The van der Waals surface area contributed by atoms with Gasteiger partial charge in [-0.3, -0.25) is 4.79 Å². The van der Waals surface area contributed by atoms with Crippen LogP contribution < -0.4 is 5.73 Å². The van der Waals surface area contributed by atoms with Crippen molar-refractivity contribution < 1.29 is 9.18 Å². The zero-order chi connectivity index (χ0) is 13.1. The second-order valence-corrected chi connectivity index (χ2v) is 4.92. The van der Waals surface area contributed by atoms with Crippen LogP contribution in [0.2, 0.25) is 5.02 Å². The highest BCUT2D eigenvalue weighted by molar-refractivity contribution is 6.30. The van der Waals surface area contributed by atoms with Crippen LogP contribution in [0.1, 0.15) is 32.3 Å². The summed E-state index contributed by atoms with van der Waals surface area (Å²) in [6.45, 7) is 3.69. The molecule has 0 aliphatic carbocycles. The fraction of sp³-hybridized carbons (Fsp3) is 0.462. The Morgan fingerprint density at radius 3 is 2.71 bits per heavy atom. The predicted molar refractivity (Wildman–Crippen MR) is 67.6 cm³/mol. The van der Waals surface area contributed by atoms with Gasteiger partial charge in [-0.2, -0.15) is 0 Å². The lowest BCUT2D eigenvalue weighted by Gasteiger charge is -2.22. The Morgan fingerprint density at radius 1 is 1.53 bits per heavy atom. The molecule has 2 nitrogen and oxygen atoms in total. The molecule has 0 heterocycles. The second kappa shape index (κ2) is 5.61. The van der Waals surface area contributed by atoms with Crippen LogP contribution >= 0.6 is 11.6 Å². The number of carbonyl (C=O) groups excluding carboxylic acids is 1. The summed E-state index contributed by atoms with van der Waals surface area (Å²) in [4.78, 5) is 11.9. The summed E-state index contributed by atoms with van der Waals surface area (Å²) in [7, 11) is 0. The first-order valence-corrected chi connectivity index (χ1v) is 6.00. The van der Waals surface area contributed by atoms with E-state index in [4.69, 9.17) is 17.3 Å². The molecule has 4 heteroatoms. The van der Waals surface area contributed by atoms with Crippen molar-refractivity contribution in [1.29, 1.82) is 0 Å². The van der Waals surface area contributed by atoms with E-state index in [9.17, 15) is 9.18 Å². The third-order valence-electron chi connectivity index (χ3n) is 2.76. The molecule has 0 aliphatic rings. The molecule has 0 aromatic heterocycles. The van der Waals surface area contributed by atoms with Gasteiger partial charge in [0.15, 0.2) is 5.78 Å². The van der Waals surface area contributed by atoms with Gasteiger partial charge in [-0.1, -0.05) is 31.0 Å². The van der Waals surface area contributed by atoms with Crippen molar-refractivity contribution >= 4 is 17.4 Å². The lowest BCUT2D eigenvalue weighted by molar-refractivity contribution is -0.123. The van der Waals surface area contributed by atoms with Crippen molar-refractivity contribution in [3.63, 3.8) is 0 Å².